The van der Waals surface area contributed by atoms with Gasteiger partial charge in [0.25, 0.3) is 0 Å². The number of likely N-dealkylation sites (N-methyl/N-ethyl adjacent to an activating group) is 1. The third-order valence-electron chi connectivity index (χ3n) is 3.51. The number of likely N-dealkylation sites (tertiary alicyclic amines) is 1. The summed E-state index contributed by atoms with van der Waals surface area (Å²) in [6.07, 6.45) is 4.05. The van der Waals surface area contributed by atoms with Crippen molar-refractivity contribution in [2.45, 2.75) is 32.0 Å². The molecule has 0 saturated carbocycles. The van der Waals surface area contributed by atoms with Gasteiger partial charge >= 0.3 is 0 Å². The molecule has 0 spiro atoms. The van der Waals surface area contributed by atoms with Crippen molar-refractivity contribution in [2.24, 2.45) is 0 Å². The molecule has 18 heavy (non-hydrogen) atoms. The van der Waals surface area contributed by atoms with E-state index in [4.69, 9.17) is 9.47 Å². The maximum atomic E-state index is 11.9. The fourth-order valence-electron chi connectivity index (χ4n) is 2.41. The van der Waals surface area contributed by atoms with Gasteiger partial charge in [0.15, 0.2) is 6.29 Å². The average molecular weight is 256 g/mol. The van der Waals surface area contributed by atoms with E-state index in [2.05, 4.69) is 4.90 Å². The fourth-order valence-corrected chi connectivity index (χ4v) is 2.41. The van der Waals surface area contributed by atoms with Crippen LogP contribution in [0.2, 0.25) is 0 Å². The molecule has 2 heterocycles. The number of hydrogen-bond donors (Lipinski definition) is 0. The molecule has 0 aromatic carbocycles. The summed E-state index contributed by atoms with van der Waals surface area (Å²) >= 11 is 0. The SMILES string of the molecule is CN(CCC1OCCCO1)CC(=O)N1CCCC1. The monoisotopic (exact) mass is 256 g/mol. The number of carbonyl (C=O) groups is 1. The lowest BCUT2D eigenvalue weighted by molar-refractivity contribution is -0.182. The highest BCUT2D eigenvalue weighted by molar-refractivity contribution is 5.78. The van der Waals surface area contributed by atoms with Gasteiger partial charge in [0.1, 0.15) is 0 Å². The second kappa shape index (κ2) is 7.07. The Balaban J connectivity index is 1.61. The molecule has 104 valence electrons. The first-order chi connectivity index (χ1) is 8.75. The number of rotatable bonds is 5. The van der Waals surface area contributed by atoms with Crippen molar-refractivity contribution < 1.29 is 14.3 Å². The molecule has 5 heteroatoms. The van der Waals surface area contributed by atoms with Crippen LogP contribution in [0.3, 0.4) is 0 Å². The molecule has 5 nitrogen and oxygen atoms in total. The highest BCUT2D eigenvalue weighted by Crippen LogP contribution is 2.10. The van der Waals surface area contributed by atoms with Crippen LogP contribution < -0.4 is 0 Å². The molecule has 2 saturated heterocycles. The van der Waals surface area contributed by atoms with E-state index in [1.54, 1.807) is 0 Å². The van der Waals surface area contributed by atoms with E-state index in [0.717, 1.165) is 58.5 Å². The first-order valence-corrected chi connectivity index (χ1v) is 6.95. The molecule has 1 amide bonds. The van der Waals surface area contributed by atoms with Gasteiger partial charge in [-0.15, -0.1) is 0 Å². The zero-order valence-corrected chi connectivity index (χ0v) is 11.3. The number of nitrogens with zero attached hydrogens (tertiary/aromatic N) is 2. The van der Waals surface area contributed by atoms with Gasteiger partial charge in [-0.1, -0.05) is 0 Å². The molecular formula is C13H24N2O3. The number of carbonyl (C=O) groups excluding carboxylic acids is 1. The summed E-state index contributed by atoms with van der Waals surface area (Å²) in [5, 5.41) is 0. The van der Waals surface area contributed by atoms with Gasteiger partial charge in [0.2, 0.25) is 5.91 Å². The van der Waals surface area contributed by atoms with E-state index in [9.17, 15) is 4.79 Å². The third-order valence-corrected chi connectivity index (χ3v) is 3.51. The van der Waals surface area contributed by atoms with Crippen LogP contribution >= 0.6 is 0 Å². The van der Waals surface area contributed by atoms with Crippen LogP contribution in [0.25, 0.3) is 0 Å². The minimum Gasteiger partial charge on any atom is -0.353 e. The molecule has 2 fully saturated rings. The van der Waals surface area contributed by atoms with Crippen molar-refractivity contribution in [3.63, 3.8) is 0 Å². The normalized spacial score (nSPS) is 21.8. The second-order valence-corrected chi connectivity index (χ2v) is 5.14. The van der Waals surface area contributed by atoms with E-state index in [1.807, 2.05) is 11.9 Å². The van der Waals surface area contributed by atoms with Crippen molar-refractivity contribution in [1.29, 1.82) is 0 Å². The first kappa shape index (κ1) is 13.8. The number of hydrogen-bond acceptors (Lipinski definition) is 4. The summed E-state index contributed by atoms with van der Waals surface area (Å²) in [5.41, 5.74) is 0. The van der Waals surface area contributed by atoms with Gasteiger partial charge in [0.05, 0.1) is 19.8 Å². The van der Waals surface area contributed by atoms with Crippen LogP contribution in [0.1, 0.15) is 25.7 Å². The summed E-state index contributed by atoms with van der Waals surface area (Å²) in [5.74, 6) is 0.250. The van der Waals surface area contributed by atoms with Crippen LogP contribution in [0.5, 0.6) is 0 Å². The van der Waals surface area contributed by atoms with Gasteiger partial charge in [-0.25, -0.2) is 0 Å². The lowest BCUT2D eigenvalue weighted by Crippen LogP contribution is -2.38. The largest absolute Gasteiger partial charge is 0.353 e. The first-order valence-electron chi connectivity index (χ1n) is 6.95. The molecule has 2 rings (SSSR count). The third kappa shape index (κ3) is 4.23. The van der Waals surface area contributed by atoms with Gasteiger partial charge in [-0.05, 0) is 26.3 Å². The molecule has 0 atom stereocenters. The number of ether oxygens (including phenoxy) is 2. The molecule has 2 aliphatic heterocycles. The molecule has 0 aromatic rings. The predicted molar refractivity (Wildman–Crippen MR) is 68.2 cm³/mol. The van der Waals surface area contributed by atoms with Gasteiger partial charge < -0.3 is 14.4 Å². The van der Waals surface area contributed by atoms with Gasteiger partial charge in [0, 0.05) is 26.1 Å². The smallest absolute Gasteiger partial charge is 0.236 e. The van der Waals surface area contributed by atoms with Crippen LogP contribution in [-0.2, 0) is 14.3 Å². The molecule has 0 aliphatic carbocycles. The number of amides is 1. The van der Waals surface area contributed by atoms with Crippen molar-refractivity contribution in [1.82, 2.24) is 9.80 Å². The average Bonchev–Trinajstić information content (AvgIpc) is 2.91. The van der Waals surface area contributed by atoms with Crippen molar-refractivity contribution in [2.75, 3.05) is 46.4 Å². The van der Waals surface area contributed by atoms with E-state index < -0.39 is 0 Å². The topological polar surface area (TPSA) is 42.0 Å². The molecule has 0 radical (unpaired) electrons. The minimum atomic E-state index is -0.0805. The van der Waals surface area contributed by atoms with Crippen LogP contribution in [-0.4, -0.2) is 68.4 Å². The Kier molecular flexibility index (Phi) is 5.41. The molecule has 0 unspecified atom stereocenters. The van der Waals surface area contributed by atoms with E-state index in [1.165, 1.54) is 0 Å². The zero-order chi connectivity index (χ0) is 12.8. The highest BCUT2D eigenvalue weighted by atomic mass is 16.7. The van der Waals surface area contributed by atoms with Crippen molar-refractivity contribution in [3.8, 4) is 0 Å². The Bertz CT molecular complexity index is 261. The Hall–Kier alpha value is -0.650. The van der Waals surface area contributed by atoms with Crippen molar-refractivity contribution >= 4 is 5.91 Å². The molecule has 0 N–H and O–H groups in total. The predicted octanol–water partition coefficient (Wildman–Crippen LogP) is 0.694. The van der Waals surface area contributed by atoms with Crippen LogP contribution in [0, 0.1) is 0 Å². The summed E-state index contributed by atoms with van der Waals surface area (Å²) in [4.78, 5) is 15.9. The standard InChI is InChI=1S/C13H24N2O3/c1-14(8-5-13-17-9-4-10-18-13)11-12(16)15-6-2-3-7-15/h13H,2-11H2,1H3. The van der Waals surface area contributed by atoms with Gasteiger partial charge in [-0.3, -0.25) is 9.69 Å². The Morgan fingerprint density at radius 2 is 1.89 bits per heavy atom. The van der Waals surface area contributed by atoms with E-state index in [0.29, 0.717) is 6.54 Å². The maximum Gasteiger partial charge on any atom is 0.236 e. The summed E-state index contributed by atoms with van der Waals surface area (Å²) in [6, 6.07) is 0. The Morgan fingerprint density at radius 1 is 1.22 bits per heavy atom. The van der Waals surface area contributed by atoms with E-state index in [-0.39, 0.29) is 12.2 Å². The van der Waals surface area contributed by atoms with Crippen LogP contribution in [0.4, 0.5) is 0 Å². The minimum absolute atomic E-state index is 0.0805. The van der Waals surface area contributed by atoms with Gasteiger partial charge in [-0.2, -0.15) is 0 Å². The lowest BCUT2D eigenvalue weighted by Gasteiger charge is -2.26. The molecule has 2 aliphatic rings. The zero-order valence-electron chi connectivity index (χ0n) is 11.3. The summed E-state index contributed by atoms with van der Waals surface area (Å²) in [7, 11) is 1.98. The summed E-state index contributed by atoms with van der Waals surface area (Å²) in [6.45, 7) is 4.79. The van der Waals surface area contributed by atoms with Crippen molar-refractivity contribution in [3.05, 3.63) is 0 Å². The molecule has 0 bridgehead atoms. The maximum absolute atomic E-state index is 11.9. The highest BCUT2D eigenvalue weighted by Gasteiger charge is 2.20. The Morgan fingerprint density at radius 3 is 2.56 bits per heavy atom. The Labute approximate surface area is 109 Å². The molecule has 0 aromatic heterocycles. The van der Waals surface area contributed by atoms with E-state index >= 15 is 0 Å². The second-order valence-electron chi connectivity index (χ2n) is 5.14. The lowest BCUT2D eigenvalue weighted by atomic mass is 10.3. The molecular weight excluding hydrogens is 232 g/mol. The quantitative estimate of drug-likeness (QED) is 0.726. The fraction of sp³-hybridized carbons (Fsp3) is 0.923. The van der Waals surface area contributed by atoms with Crippen LogP contribution in [0.15, 0.2) is 0 Å². The summed E-state index contributed by atoms with van der Waals surface area (Å²) < 4.78 is 11.0.